The average molecular weight is 61.8 g/mol. The molecule has 0 N–H and O–H groups in total. The van der Waals surface area contributed by atoms with Gasteiger partial charge in [-0.15, -0.1) is 0 Å². The Kier molecular flexibility index (Phi) is 21.2. The first-order valence-electron chi connectivity index (χ1n) is 0.724. The van der Waals surface area contributed by atoms with E-state index in [9.17, 15) is 0 Å². The zero-order valence-electron chi connectivity index (χ0n) is 2.95. The van der Waals surface area contributed by atoms with Crippen LogP contribution in [0.1, 0.15) is 0 Å². The van der Waals surface area contributed by atoms with E-state index in [1.807, 2.05) is 0 Å². The molecular formula is CH2BNNa. The van der Waals surface area contributed by atoms with Gasteiger partial charge in [0.1, 0.15) is 0 Å². The smallest absolute Gasteiger partial charge is 0.213 e. The Bertz CT molecular complexity index is 29.5. The molecular weight excluding hydrogens is 59.8 g/mol. The Morgan fingerprint density at radius 3 is 1.75 bits per heavy atom. The van der Waals surface area contributed by atoms with Crippen molar-refractivity contribution in [2.24, 2.45) is 0 Å². The summed E-state index contributed by atoms with van der Waals surface area (Å²) in [6.45, 7) is 0. The minimum absolute atomic E-state index is 0. The van der Waals surface area contributed by atoms with Gasteiger partial charge in [-0.1, -0.05) is 0 Å². The Labute approximate surface area is 48.7 Å². The Morgan fingerprint density at radius 2 is 1.75 bits per heavy atom. The molecule has 15 valence electrons. The van der Waals surface area contributed by atoms with Crippen molar-refractivity contribution in [3.8, 4) is 5.97 Å². The fourth-order valence-corrected chi connectivity index (χ4v) is 0. The van der Waals surface area contributed by atoms with Crippen LogP contribution in [0.4, 0.5) is 0 Å². The van der Waals surface area contributed by atoms with E-state index >= 15 is 0 Å². The summed E-state index contributed by atoms with van der Waals surface area (Å²) in [4.78, 5) is 0. The SMILES string of the molecule is BC#N.[Na]. The van der Waals surface area contributed by atoms with E-state index in [0.717, 1.165) is 0 Å². The molecule has 4 heavy (non-hydrogen) atoms. The molecule has 0 atom stereocenters. The molecule has 3 heteroatoms. The minimum atomic E-state index is 0. The third-order valence-corrected chi connectivity index (χ3v) is 0. The van der Waals surface area contributed by atoms with E-state index in [1.54, 1.807) is 5.97 Å². The molecule has 0 aliphatic carbocycles. The summed E-state index contributed by atoms with van der Waals surface area (Å²) in [6, 6.07) is 0. The molecule has 0 spiro atoms. The quantitative estimate of drug-likeness (QED) is 0.320. The molecule has 0 saturated heterocycles. The standard InChI is InChI=1S/CH2BN.Na/c2-1-3;/h2H2;. The maximum absolute atomic E-state index is 7.32. The third-order valence-electron chi connectivity index (χ3n) is 0. The Hall–Kier alpha value is 0.555. The Morgan fingerprint density at radius 1 is 1.75 bits per heavy atom. The van der Waals surface area contributed by atoms with E-state index in [4.69, 9.17) is 5.26 Å². The van der Waals surface area contributed by atoms with E-state index in [0.29, 0.717) is 0 Å². The van der Waals surface area contributed by atoms with Gasteiger partial charge >= 0.3 is 0 Å². The van der Waals surface area contributed by atoms with Crippen molar-refractivity contribution in [2.75, 3.05) is 0 Å². The van der Waals surface area contributed by atoms with Gasteiger partial charge in [-0.2, -0.15) is 0 Å². The molecule has 0 aromatic rings. The van der Waals surface area contributed by atoms with Gasteiger partial charge in [-0.3, -0.25) is 0 Å². The number of nitrogens with zero attached hydrogens (tertiary/aromatic N) is 1. The van der Waals surface area contributed by atoms with Crippen LogP contribution < -0.4 is 0 Å². The fraction of sp³-hybridized carbons (Fsp3) is 0. The van der Waals surface area contributed by atoms with Crippen LogP contribution in [0.3, 0.4) is 0 Å². The van der Waals surface area contributed by atoms with E-state index in [-0.39, 0.29) is 29.6 Å². The predicted octanol–water partition coefficient (Wildman–Crippen LogP) is -1.28. The average Bonchev–Trinajstić information content (AvgIpc) is 0.918. The number of hydrogen-bond donors (Lipinski definition) is 0. The van der Waals surface area contributed by atoms with Crippen molar-refractivity contribution in [1.82, 2.24) is 0 Å². The summed E-state index contributed by atoms with van der Waals surface area (Å²) in [5.41, 5.74) is 0. The summed E-state index contributed by atoms with van der Waals surface area (Å²) in [5.74, 6) is 1.75. The van der Waals surface area contributed by atoms with Crippen LogP contribution in [-0.2, 0) is 0 Å². The van der Waals surface area contributed by atoms with Gasteiger partial charge in [-0.05, 0) is 5.97 Å². The van der Waals surface area contributed by atoms with E-state index < -0.39 is 0 Å². The van der Waals surface area contributed by atoms with Crippen LogP contribution in [-0.4, -0.2) is 37.4 Å². The third kappa shape index (κ3) is 20.1. The summed E-state index contributed by atoms with van der Waals surface area (Å²) < 4.78 is 0. The van der Waals surface area contributed by atoms with Crippen molar-refractivity contribution in [1.29, 1.82) is 5.26 Å². The van der Waals surface area contributed by atoms with Crippen molar-refractivity contribution >= 4 is 37.4 Å². The van der Waals surface area contributed by atoms with Crippen molar-refractivity contribution in [3.63, 3.8) is 0 Å². The second-order valence-corrected chi connectivity index (χ2v) is 0.224. The normalized spacial score (nSPS) is 1.75. The van der Waals surface area contributed by atoms with Crippen LogP contribution in [0.5, 0.6) is 0 Å². The first-order chi connectivity index (χ1) is 1.41. The second-order valence-electron chi connectivity index (χ2n) is 0.224. The van der Waals surface area contributed by atoms with Crippen LogP contribution in [0.25, 0.3) is 0 Å². The van der Waals surface area contributed by atoms with Gasteiger partial charge in [-0.25, -0.2) is 5.26 Å². The van der Waals surface area contributed by atoms with Gasteiger partial charge in [0.25, 0.3) is 0 Å². The maximum Gasteiger partial charge on any atom is 0.232 e. The van der Waals surface area contributed by atoms with Gasteiger partial charge in [0, 0.05) is 29.6 Å². The molecule has 0 aliphatic rings. The molecule has 0 aliphatic heterocycles. The number of rotatable bonds is 0. The van der Waals surface area contributed by atoms with Gasteiger partial charge < -0.3 is 0 Å². The van der Waals surface area contributed by atoms with Crippen LogP contribution >= 0.6 is 0 Å². The van der Waals surface area contributed by atoms with Crippen molar-refractivity contribution in [3.05, 3.63) is 0 Å². The first kappa shape index (κ1) is 8.82. The van der Waals surface area contributed by atoms with Gasteiger partial charge in [0.05, 0.1) is 0 Å². The molecule has 0 aromatic heterocycles. The summed E-state index contributed by atoms with van der Waals surface area (Å²) in [7, 11) is 1.43. The van der Waals surface area contributed by atoms with Crippen LogP contribution in [0.2, 0.25) is 0 Å². The van der Waals surface area contributed by atoms with Crippen LogP contribution in [0, 0.1) is 11.2 Å². The Balaban J connectivity index is 0. The molecule has 0 aromatic carbocycles. The maximum atomic E-state index is 7.32. The molecule has 0 bridgehead atoms. The molecule has 0 amide bonds. The first-order valence-corrected chi connectivity index (χ1v) is 0.724. The minimum Gasteiger partial charge on any atom is -0.213 e. The van der Waals surface area contributed by atoms with Gasteiger partial charge in [0.15, 0.2) is 0 Å². The summed E-state index contributed by atoms with van der Waals surface area (Å²) in [6.07, 6.45) is 0. The second kappa shape index (κ2) is 9.60. The monoisotopic (exact) mass is 62.0 g/mol. The summed E-state index contributed by atoms with van der Waals surface area (Å²) >= 11 is 0. The van der Waals surface area contributed by atoms with E-state index in [2.05, 4.69) is 0 Å². The molecule has 1 radical (unpaired) electrons. The van der Waals surface area contributed by atoms with E-state index in [1.165, 1.54) is 7.85 Å². The summed E-state index contributed by atoms with van der Waals surface area (Å²) in [5, 5.41) is 7.32. The van der Waals surface area contributed by atoms with Crippen LogP contribution in [0.15, 0.2) is 0 Å². The molecule has 0 saturated carbocycles. The largest absolute Gasteiger partial charge is 0.232 e. The molecule has 1 nitrogen and oxygen atoms in total. The predicted molar refractivity (Wildman–Crippen MR) is 19.9 cm³/mol. The topological polar surface area (TPSA) is 23.8 Å². The molecule has 0 rings (SSSR count). The zero-order chi connectivity index (χ0) is 2.71. The molecule has 0 fully saturated rings. The molecule has 0 unspecified atom stereocenters. The number of hydrogen-bond acceptors (Lipinski definition) is 1. The zero-order valence-corrected chi connectivity index (χ0v) is 4.95. The van der Waals surface area contributed by atoms with Crippen molar-refractivity contribution in [2.45, 2.75) is 0 Å². The van der Waals surface area contributed by atoms with Crippen molar-refractivity contribution < 1.29 is 0 Å². The van der Waals surface area contributed by atoms with Gasteiger partial charge in [0.2, 0.25) is 7.85 Å². The fourth-order valence-electron chi connectivity index (χ4n) is 0. The molecule has 0 heterocycles. The number of nitriles is 1.